The molecule has 0 unspecified atom stereocenters. The Balaban J connectivity index is 1.38. The van der Waals surface area contributed by atoms with Gasteiger partial charge in [-0.25, -0.2) is 9.97 Å². The highest BCUT2D eigenvalue weighted by atomic mass is 35.5. The van der Waals surface area contributed by atoms with Crippen molar-refractivity contribution < 1.29 is 4.79 Å². The molecule has 0 bridgehead atoms. The number of nitrogens with zero attached hydrogens (tertiary/aromatic N) is 4. The molecular formula is C19H18Cl2N4OS. The predicted molar refractivity (Wildman–Crippen MR) is 111 cm³/mol. The second-order valence-electron chi connectivity index (χ2n) is 6.52. The van der Waals surface area contributed by atoms with Crippen molar-refractivity contribution in [3.63, 3.8) is 0 Å². The Hall–Kier alpha value is -1.89. The van der Waals surface area contributed by atoms with E-state index in [-0.39, 0.29) is 5.91 Å². The highest BCUT2D eigenvalue weighted by Gasteiger charge is 2.22. The van der Waals surface area contributed by atoms with Crippen molar-refractivity contribution in [2.75, 3.05) is 31.1 Å². The molecule has 1 aliphatic rings. The van der Waals surface area contributed by atoms with E-state index in [0.29, 0.717) is 29.6 Å². The number of carbonyl (C=O) groups is 1. The van der Waals surface area contributed by atoms with Crippen LogP contribution in [0.5, 0.6) is 0 Å². The van der Waals surface area contributed by atoms with Gasteiger partial charge in [-0.3, -0.25) is 4.79 Å². The molecule has 5 nitrogen and oxygen atoms in total. The molecular weight excluding hydrogens is 403 g/mol. The number of benzene rings is 1. The van der Waals surface area contributed by atoms with Crippen LogP contribution in [-0.2, 0) is 11.2 Å². The lowest BCUT2D eigenvalue weighted by molar-refractivity contribution is -0.130. The fourth-order valence-electron chi connectivity index (χ4n) is 3.21. The van der Waals surface area contributed by atoms with Crippen molar-refractivity contribution in [3.8, 4) is 0 Å². The van der Waals surface area contributed by atoms with Crippen molar-refractivity contribution in [1.82, 2.24) is 14.9 Å². The van der Waals surface area contributed by atoms with Crippen LogP contribution in [0.1, 0.15) is 10.6 Å². The van der Waals surface area contributed by atoms with E-state index in [1.807, 2.05) is 24.0 Å². The number of piperazine rings is 1. The molecule has 1 aliphatic heterocycles. The number of hydrogen-bond donors (Lipinski definition) is 0. The molecule has 0 atom stereocenters. The Morgan fingerprint density at radius 1 is 1.07 bits per heavy atom. The van der Waals surface area contributed by atoms with E-state index in [1.54, 1.807) is 23.5 Å². The summed E-state index contributed by atoms with van der Waals surface area (Å²) in [6.45, 7) is 4.86. The van der Waals surface area contributed by atoms with Crippen LogP contribution >= 0.6 is 34.5 Å². The standard InChI is InChI=1S/C19H18Cl2N4OS/c1-12-22-19-16(27-12)4-5-17(23-19)24-6-8-25(9-7-24)18(26)11-13-2-3-14(20)15(21)10-13/h2-5,10H,6-9,11H2,1H3. The highest BCUT2D eigenvalue weighted by Crippen LogP contribution is 2.25. The first kappa shape index (κ1) is 18.5. The van der Waals surface area contributed by atoms with E-state index in [2.05, 4.69) is 20.9 Å². The molecule has 0 radical (unpaired) electrons. The number of hydrogen-bond acceptors (Lipinski definition) is 5. The van der Waals surface area contributed by atoms with Gasteiger partial charge in [-0.2, -0.15) is 0 Å². The summed E-state index contributed by atoms with van der Waals surface area (Å²) in [4.78, 5) is 25.8. The third-order valence-electron chi connectivity index (χ3n) is 4.64. The third-order valence-corrected chi connectivity index (χ3v) is 6.31. The predicted octanol–water partition coefficient (Wildman–Crippen LogP) is 4.20. The first-order valence-corrected chi connectivity index (χ1v) is 10.3. The molecule has 0 N–H and O–H groups in total. The van der Waals surface area contributed by atoms with Gasteiger partial charge in [0.2, 0.25) is 5.91 Å². The van der Waals surface area contributed by atoms with Crippen LogP contribution < -0.4 is 4.90 Å². The summed E-state index contributed by atoms with van der Waals surface area (Å²) in [6.07, 6.45) is 0.333. The zero-order valence-electron chi connectivity index (χ0n) is 14.8. The smallest absolute Gasteiger partial charge is 0.227 e. The molecule has 27 heavy (non-hydrogen) atoms. The Kier molecular flexibility index (Phi) is 5.21. The van der Waals surface area contributed by atoms with E-state index in [0.717, 1.165) is 39.8 Å². The molecule has 0 spiro atoms. The van der Waals surface area contributed by atoms with Gasteiger partial charge < -0.3 is 9.80 Å². The van der Waals surface area contributed by atoms with E-state index in [9.17, 15) is 4.79 Å². The van der Waals surface area contributed by atoms with Crippen molar-refractivity contribution >= 4 is 56.6 Å². The van der Waals surface area contributed by atoms with Crippen molar-refractivity contribution in [3.05, 3.63) is 50.9 Å². The molecule has 1 saturated heterocycles. The van der Waals surface area contributed by atoms with Gasteiger partial charge in [-0.15, -0.1) is 11.3 Å². The van der Waals surface area contributed by atoms with Gasteiger partial charge in [0.25, 0.3) is 0 Å². The summed E-state index contributed by atoms with van der Waals surface area (Å²) in [7, 11) is 0. The van der Waals surface area contributed by atoms with Gasteiger partial charge in [0.05, 0.1) is 26.2 Å². The summed E-state index contributed by atoms with van der Waals surface area (Å²) < 4.78 is 1.10. The molecule has 1 aromatic carbocycles. The van der Waals surface area contributed by atoms with Crippen molar-refractivity contribution in [2.24, 2.45) is 0 Å². The minimum Gasteiger partial charge on any atom is -0.353 e. The van der Waals surface area contributed by atoms with E-state index in [4.69, 9.17) is 23.2 Å². The minimum atomic E-state index is 0.103. The van der Waals surface area contributed by atoms with Gasteiger partial charge >= 0.3 is 0 Å². The van der Waals surface area contributed by atoms with Crippen molar-refractivity contribution in [2.45, 2.75) is 13.3 Å². The van der Waals surface area contributed by atoms with E-state index in [1.165, 1.54) is 0 Å². The topological polar surface area (TPSA) is 49.3 Å². The Morgan fingerprint density at radius 2 is 1.85 bits per heavy atom. The van der Waals surface area contributed by atoms with Gasteiger partial charge in [-0.05, 0) is 36.8 Å². The monoisotopic (exact) mass is 420 g/mol. The summed E-state index contributed by atoms with van der Waals surface area (Å²) in [5.74, 6) is 1.02. The molecule has 4 rings (SSSR count). The van der Waals surface area contributed by atoms with Gasteiger partial charge in [0.1, 0.15) is 5.82 Å². The van der Waals surface area contributed by atoms with Crippen LogP contribution in [0.25, 0.3) is 10.3 Å². The molecule has 1 fully saturated rings. The molecule has 140 valence electrons. The minimum absolute atomic E-state index is 0.103. The van der Waals surface area contributed by atoms with Gasteiger partial charge in [0, 0.05) is 26.2 Å². The summed E-state index contributed by atoms with van der Waals surface area (Å²) in [5.41, 5.74) is 1.68. The quantitative estimate of drug-likeness (QED) is 0.636. The number of amides is 1. The molecule has 1 amide bonds. The number of pyridine rings is 1. The first-order valence-electron chi connectivity index (χ1n) is 8.70. The fraction of sp³-hybridized carbons (Fsp3) is 0.316. The van der Waals surface area contributed by atoms with Gasteiger partial charge in [-0.1, -0.05) is 29.3 Å². The van der Waals surface area contributed by atoms with Crippen LogP contribution in [0.15, 0.2) is 30.3 Å². The Morgan fingerprint density at radius 3 is 2.59 bits per heavy atom. The first-order chi connectivity index (χ1) is 13.0. The molecule has 0 aliphatic carbocycles. The van der Waals surface area contributed by atoms with E-state index >= 15 is 0 Å². The molecule has 3 heterocycles. The SMILES string of the molecule is Cc1nc2nc(N3CCN(C(=O)Cc4ccc(Cl)c(Cl)c4)CC3)ccc2s1. The second-order valence-corrected chi connectivity index (χ2v) is 8.57. The summed E-state index contributed by atoms with van der Waals surface area (Å²) in [5, 5.41) is 2.00. The number of halogens is 2. The second kappa shape index (κ2) is 7.62. The van der Waals surface area contributed by atoms with Gasteiger partial charge in [0.15, 0.2) is 5.65 Å². The third kappa shape index (κ3) is 4.03. The van der Waals surface area contributed by atoms with Crippen LogP contribution in [0.2, 0.25) is 10.0 Å². The highest BCUT2D eigenvalue weighted by molar-refractivity contribution is 7.18. The maximum atomic E-state index is 12.6. The number of anilines is 1. The summed E-state index contributed by atoms with van der Waals surface area (Å²) in [6, 6.07) is 9.44. The lowest BCUT2D eigenvalue weighted by Gasteiger charge is -2.35. The maximum Gasteiger partial charge on any atom is 0.227 e. The Labute approximate surface area is 171 Å². The Bertz CT molecular complexity index is 999. The molecule has 3 aromatic rings. The lowest BCUT2D eigenvalue weighted by atomic mass is 10.1. The lowest BCUT2D eigenvalue weighted by Crippen LogP contribution is -2.49. The van der Waals surface area contributed by atoms with Crippen LogP contribution in [0.3, 0.4) is 0 Å². The van der Waals surface area contributed by atoms with Crippen LogP contribution in [-0.4, -0.2) is 47.0 Å². The summed E-state index contributed by atoms with van der Waals surface area (Å²) >= 11 is 13.6. The molecule has 0 saturated carbocycles. The number of rotatable bonds is 3. The molecule has 2 aromatic heterocycles. The zero-order valence-corrected chi connectivity index (χ0v) is 17.1. The average Bonchev–Trinajstić information content (AvgIpc) is 3.04. The number of aryl methyl sites for hydroxylation is 1. The molecule has 8 heteroatoms. The van der Waals surface area contributed by atoms with Crippen LogP contribution in [0.4, 0.5) is 5.82 Å². The zero-order chi connectivity index (χ0) is 19.0. The average molecular weight is 421 g/mol. The van der Waals surface area contributed by atoms with Crippen LogP contribution in [0, 0.1) is 6.92 Å². The fourth-order valence-corrected chi connectivity index (χ4v) is 4.30. The number of thiazole rings is 1. The number of fused-ring (bicyclic) bond motifs is 1. The van der Waals surface area contributed by atoms with Crippen molar-refractivity contribution in [1.29, 1.82) is 0 Å². The maximum absolute atomic E-state index is 12.6. The van der Waals surface area contributed by atoms with E-state index < -0.39 is 0 Å². The normalized spacial score (nSPS) is 14.8. The number of carbonyl (C=O) groups excluding carboxylic acids is 1. The largest absolute Gasteiger partial charge is 0.353 e. The number of aromatic nitrogens is 2.